The molecule has 1 aromatic heterocycles. The van der Waals surface area contributed by atoms with Gasteiger partial charge in [0.2, 0.25) is 5.91 Å². The minimum absolute atomic E-state index is 0.151. The molecule has 1 atom stereocenters. The van der Waals surface area contributed by atoms with Crippen molar-refractivity contribution >= 4 is 23.7 Å². The first-order valence-electron chi connectivity index (χ1n) is 9.06. The van der Waals surface area contributed by atoms with E-state index in [4.69, 9.17) is 5.73 Å². The van der Waals surface area contributed by atoms with Crippen LogP contribution >= 0.6 is 11.8 Å². The van der Waals surface area contributed by atoms with E-state index in [0.29, 0.717) is 22.1 Å². The summed E-state index contributed by atoms with van der Waals surface area (Å²) in [7, 11) is 0. The SMILES string of the molecule is NC(=O)NC(=O)[C@H](Sc1nnc(-c2ccccc2F)n1C1CC1)c1ccccc1. The van der Waals surface area contributed by atoms with Crippen LogP contribution in [0.15, 0.2) is 59.8 Å². The molecule has 0 aliphatic heterocycles. The Morgan fingerprint density at radius 2 is 1.79 bits per heavy atom. The molecule has 3 amide bonds. The fourth-order valence-corrected chi connectivity index (χ4v) is 4.15. The number of nitrogens with two attached hydrogens (primary N) is 1. The molecule has 7 nitrogen and oxygen atoms in total. The molecule has 0 unspecified atom stereocenters. The average Bonchev–Trinajstić information content (AvgIpc) is 3.46. The van der Waals surface area contributed by atoms with E-state index < -0.39 is 17.2 Å². The number of nitrogens with one attached hydrogen (secondary N) is 1. The lowest BCUT2D eigenvalue weighted by molar-refractivity contribution is -0.119. The standard InChI is InChI=1S/C20H18FN5O2S/c21-15-9-5-4-8-14(15)17-24-25-20(26(17)13-10-11-13)29-16(18(27)23-19(22)28)12-6-2-1-3-7-12/h1-9,13,16H,10-11H2,(H3,22,23,27,28)/t16-/m1/s1. The van der Waals surface area contributed by atoms with Crippen LogP contribution in [0.5, 0.6) is 0 Å². The van der Waals surface area contributed by atoms with Crippen molar-refractivity contribution in [2.75, 3.05) is 0 Å². The number of aromatic nitrogens is 3. The molecule has 1 aliphatic carbocycles. The van der Waals surface area contributed by atoms with E-state index in [1.54, 1.807) is 42.5 Å². The van der Waals surface area contributed by atoms with Crippen LogP contribution < -0.4 is 11.1 Å². The lowest BCUT2D eigenvalue weighted by atomic mass is 10.1. The van der Waals surface area contributed by atoms with Gasteiger partial charge >= 0.3 is 6.03 Å². The number of carbonyl (C=O) groups is 2. The number of halogens is 1. The number of benzene rings is 2. The lowest BCUT2D eigenvalue weighted by Crippen LogP contribution is -2.37. The number of urea groups is 1. The largest absolute Gasteiger partial charge is 0.351 e. The molecule has 0 spiro atoms. The molecule has 1 saturated carbocycles. The second-order valence-corrected chi connectivity index (χ2v) is 7.72. The third-order valence-corrected chi connectivity index (χ3v) is 5.71. The van der Waals surface area contributed by atoms with Crippen LogP contribution in [-0.2, 0) is 4.79 Å². The fraction of sp³-hybridized carbons (Fsp3) is 0.200. The van der Waals surface area contributed by atoms with Gasteiger partial charge < -0.3 is 5.73 Å². The van der Waals surface area contributed by atoms with Crippen molar-refractivity contribution < 1.29 is 14.0 Å². The molecule has 2 aromatic carbocycles. The Bertz CT molecular complexity index is 1050. The summed E-state index contributed by atoms with van der Waals surface area (Å²) in [6, 6.07) is 14.6. The van der Waals surface area contributed by atoms with Gasteiger partial charge in [0.15, 0.2) is 11.0 Å². The van der Waals surface area contributed by atoms with Crippen molar-refractivity contribution in [1.29, 1.82) is 0 Å². The average molecular weight is 411 g/mol. The Balaban J connectivity index is 1.72. The van der Waals surface area contributed by atoms with Crippen LogP contribution in [0.2, 0.25) is 0 Å². The molecule has 9 heteroatoms. The van der Waals surface area contributed by atoms with Gasteiger partial charge in [-0.1, -0.05) is 54.2 Å². The van der Waals surface area contributed by atoms with Crippen LogP contribution in [-0.4, -0.2) is 26.7 Å². The molecule has 0 radical (unpaired) electrons. The Morgan fingerprint density at radius 1 is 1.10 bits per heavy atom. The zero-order valence-electron chi connectivity index (χ0n) is 15.3. The van der Waals surface area contributed by atoms with Crippen LogP contribution in [0.4, 0.5) is 9.18 Å². The van der Waals surface area contributed by atoms with Gasteiger partial charge in [-0.05, 0) is 30.5 Å². The van der Waals surface area contributed by atoms with Gasteiger partial charge in [-0.3, -0.25) is 14.7 Å². The summed E-state index contributed by atoms with van der Waals surface area (Å²) in [4.78, 5) is 23.9. The maximum Gasteiger partial charge on any atom is 0.318 e. The van der Waals surface area contributed by atoms with E-state index in [-0.39, 0.29) is 11.9 Å². The van der Waals surface area contributed by atoms with Gasteiger partial charge in [0, 0.05) is 6.04 Å². The van der Waals surface area contributed by atoms with E-state index >= 15 is 0 Å². The number of hydrogen-bond acceptors (Lipinski definition) is 5. The zero-order valence-corrected chi connectivity index (χ0v) is 16.1. The van der Waals surface area contributed by atoms with E-state index in [0.717, 1.165) is 24.6 Å². The highest BCUT2D eigenvalue weighted by atomic mass is 32.2. The molecule has 0 saturated heterocycles. The Labute approximate surface area is 170 Å². The molecule has 148 valence electrons. The van der Waals surface area contributed by atoms with Crippen LogP contribution in [0.1, 0.15) is 29.7 Å². The van der Waals surface area contributed by atoms with E-state index in [9.17, 15) is 14.0 Å². The third-order valence-electron chi connectivity index (χ3n) is 4.50. The van der Waals surface area contributed by atoms with Crippen LogP contribution in [0, 0.1) is 5.82 Å². The number of imide groups is 1. The topological polar surface area (TPSA) is 103 Å². The first kappa shape index (κ1) is 19.1. The molecule has 3 N–H and O–H groups in total. The van der Waals surface area contributed by atoms with Gasteiger partial charge in [0.25, 0.3) is 0 Å². The number of carbonyl (C=O) groups excluding carboxylic acids is 2. The van der Waals surface area contributed by atoms with Crippen molar-refractivity contribution in [3.8, 4) is 11.4 Å². The smallest absolute Gasteiger partial charge is 0.318 e. The van der Waals surface area contributed by atoms with Crippen LogP contribution in [0.3, 0.4) is 0 Å². The summed E-state index contributed by atoms with van der Waals surface area (Å²) in [5, 5.41) is 10.3. The number of amides is 3. The summed E-state index contributed by atoms with van der Waals surface area (Å²) in [6.45, 7) is 0. The quantitative estimate of drug-likeness (QED) is 0.605. The second-order valence-electron chi connectivity index (χ2n) is 6.65. The highest BCUT2D eigenvalue weighted by molar-refractivity contribution is 8.00. The summed E-state index contributed by atoms with van der Waals surface area (Å²) < 4.78 is 16.2. The monoisotopic (exact) mass is 411 g/mol. The highest BCUT2D eigenvalue weighted by Gasteiger charge is 2.33. The minimum atomic E-state index is -0.924. The first-order valence-corrected chi connectivity index (χ1v) is 9.94. The molecular formula is C20H18FN5O2S. The number of hydrogen-bond donors (Lipinski definition) is 2. The highest BCUT2D eigenvalue weighted by Crippen LogP contribution is 2.44. The zero-order chi connectivity index (χ0) is 20.4. The van der Waals surface area contributed by atoms with Crippen molar-refractivity contribution in [3.63, 3.8) is 0 Å². The predicted octanol–water partition coefficient (Wildman–Crippen LogP) is 3.45. The number of nitrogens with zero attached hydrogens (tertiary/aromatic N) is 3. The maximum atomic E-state index is 14.3. The Kier molecular flexibility index (Phi) is 5.30. The van der Waals surface area contributed by atoms with Gasteiger partial charge in [0.1, 0.15) is 11.1 Å². The maximum absolute atomic E-state index is 14.3. The number of primary amides is 1. The Hall–Kier alpha value is -3.20. The molecule has 1 aliphatic rings. The molecule has 3 aromatic rings. The normalized spacial score (nSPS) is 14.4. The van der Waals surface area contributed by atoms with Crippen molar-refractivity contribution in [2.24, 2.45) is 5.73 Å². The molecule has 29 heavy (non-hydrogen) atoms. The second kappa shape index (κ2) is 8.04. The molecule has 0 bridgehead atoms. The summed E-state index contributed by atoms with van der Waals surface area (Å²) >= 11 is 1.16. The predicted molar refractivity (Wildman–Crippen MR) is 106 cm³/mol. The molecule has 1 fully saturated rings. The van der Waals surface area contributed by atoms with E-state index in [1.807, 2.05) is 10.6 Å². The van der Waals surface area contributed by atoms with E-state index in [1.165, 1.54) is 6.07 Å². The minimum Gasteiger partial charge on any atom is -0.351 e. The molecule has 1 heterocycles. The van der Waals surface area contributed by atoms with Crippen LogP contribution in [0.25, 0.3) is 11.4 Å². The van der Waals surface area contributed by atoms with Gasteiger partial charge in [-0.2, -0.15) is 0 Å². The summed E-state index contributed by atoms with van der Waals surface area (Å²) in [5.41, 5.74) is 6.18. The first-order chi connectivity index (χ1) is 14.0. The van der Waals surface area contributed by atoms with Crippen molar-refractivity contribution in [3.05, 3.63) is 66.0 Å². The number of thioether (sulfide) groups is 1. The van der Waals surface area contributed by atoms with Gasteiger partial charge in [0.05, 0.1) is 5.56 Å². The van der Waals surface area contributed by atoms with Gasteiger partial charge in [-0.25, -0.2) is 9.18 Å². The van der Waals surface area contributed by atoms with Crippen molar-refractivity contribution in [1.82, 2.24) is 20.1 Å². The third kappa shape index (κ3) is 4.14. The summed E-state index contributed by atoms with van der Waals surface area (Å²) in [6.07, 6.45) is 1.85. The lowest BCUT2D eigenvalue weighted by Gasteiger charge is -2.16. The number of rotatable bonds is 6. The Morgan fingerprint density at radius 3 is 2.45 bits per heavy atom. The van der Waals surface area contributed by atoms with E-state index in [2.05, 4.69) is 15.5 Å². The summed E-state index contributed by atoms with van der Waals surface area (Å²) in [5.74, 6) is -0.508. The molecular weight excluding hydrogens is 393 g/mol. The van der Waals surface area contributed by atoms with Gasteiger partial charge in [-0.15, -0.1) is 10.2 Å². The molecule has 4 rings (SSSR count). The van der Waals surface area contributed by atoms with Crippen molar-refractivity contribution in [2.45, 2.75) is 29.3 Å². The fourth-order valence-electron chi connectivity index (χ4n) is 3.04.